The lowest BCUT2D eigenvalue weighted by Crippen LogP contribution is -2.27. The quantitative estimate of drug-likeness (QED) is 0.699. The molecule has 0 aliphatic rings. The summed E-state index contributed by atoms with van der Waals surface area (Å²) in [6.07, 6.45) is 0. The summed E-state index contributed by atoms with van der Waals surface area (Å²) in [5, 5.41) is 11.3. The number of para-hydroxylation sites is 1. The lowest BCUT2D eigenvalue weighted by molar-refractivity contribution is 0.0778. The first-order valence-electron chi connectivity index (χ1n) is 7.78. The first-order valence-corrected chi connectivity index (χ1v) is 8.57. The Morgan fingerprint density at radius 2 is 1.72 bits per heavy atom. The third-order valence-electron chi connectivity index (χ3n) is 3.63. The number of anilines is 2. The van der Waals surface area contributed by atoms with Crippen LogP contribution in [0, 0.1) is 0 Å². The molecule has 6 heteroatoms. The molecule has 3 aromatic rings. The number of nitrogens with one attached hydrogen (secondary N) is 1. The minimum atomic E-state index is -0.163. The molecule has 1 heterocycles. The van der Waals surface area contributed by atoms with E-state index < -0.39 is 0 Å². The van der Waals surface area contributed by atoms with Crippen LogP contribution in [0.25, 0.3) is 0 Å². The lowest BCUT2D eigenvalue weighted by Gasteiger charge is -2.16. The molecule has 0 atom stereocenters. The van der Waals surface area contributed by atoms with Crippen LogP contribution in [-0.4, -0.2) is 28.1 Å². The van der Waals surface area contributed by atoms with E-state index in [2.05, 4.69) is 31.4 Å². The smallest absolute Gasteiger partial charge is 0.274 e. The molecule has 5 nitrogen and oxygen atoms in total. The maximum atomic E-state index is 12.5. The highest BCUT2D eigenvalue weighted by molar-refractivity contribution is 9.10. The minimum Gasteiger partial charge on any atom is -0.338 e. The summed E-state index contributed by atoms with van der Waals surface area (Å²) < 4.78 is 0.930. The summed E-state index contributed by atoms with van der Waals surface area (Å²) in [5.41, 5.74) is 2.27. The molecule has 25 heavy (non-hydrogen) atoms. The molecule has 1 amide bonds. The third-order valence-corrected chi connectivity index (χ3v) is 4.32. The maximum absolute atomic E-state index is 12.5. The molecule has 1 N–H and O–H groups in total. The minimum absolute atomic E-state index is 0.163. The monoisotopic (exact) mass is 396 g/mol. The van der Waals surface area contributed by atoms with E-state index >= 15 is 0 Å². The second-order valence-electron chi connectivity index (χ2n) is 5.56. The Bertz CT molecular complexity index is 853. The van der Waals surface area contributed by atoms with Crippen LogP contribution in [0.3, 0.4) is 0 Å². The van der Waals surface area contributed by atoms with Gasteiger partial charge >= 0.3 is 0 Å². The van der Waals surface area contributed by atoms with Gasteiger partial charge in [0.1, 0.15) is 0 Å². The summed E-state index contributed by atoms with van der Waals surface area (Å²) in [6.45, 7) is 0.526. The van der Waals surface area contributed by atoms with E-state index in [-0.39, 0.29) is 5.91 Å². The van der Waals surface area contributed by atoms with Crippen LogP contribution in [-0.2, 0) is 6.54 Å². The first-order chi connectivity index (χ1) is 12.1. The molecule has 0 saturated carbocycles. The van der Waals surface area contributed by atoms with Crippen molar-refractivity contribution in [3.8, 4) is 0 Å². The highest BCUT2D eigenvalue weighted by Crippen LogP contribution is 2.24. The Kier molecular flexibility index (Phi) is 5.40. The first kappa shape index (κ1) is 17.1. The van der Waals surface area contributed by atoms with Gasteiger partial charge in [0.05, 0.1) is 5.69 Å². The topological polar surface area (TPSA) is 58.1 Å². The number of rotatable bonds is 5. The summed E-state index contributed by atoms with van der Waals surface area (Å²) >= 11 is 3.47. The van der Waals surface area contributed by atoms with Gasteiger partial charge in [0.15, 0.2) is 11.5 Å². The molecular formula is C19H17BrN4O. The number of amides is 1. The van der Waals surface area contributed by atoms with Crippen molar-refractivity contribution in [2.24, 2.45) is 0 Å². The Morgan fingerprint density at radius 3 is 2.40 bits per heavy atom. The van der Waals surface area contributed by atoms with E-state index in [1.807, 2.05) is 54.6 Å². The van der Waals surface area contributed by atoms with Gasteiger partial charge in [-0.25, -0.2) is 0 Å². The Balaban J connectivity index is 1.67. The summed E-state index contributed by atoms with van der Waals surface area (Å²) in [5.74, 6) is 0.415. The van der Waals surface area contributed by atoms with Crippen LogP contribution in [0.2, 0.25) is 0 Å². The summed E-state index contributed by atoms with van der Waals surface area (Å²) in [6, 6.07) is 21.0. The number of carbonyl (C=O) groups excluding carboxylic acids is 1. The predicted octanol–water partition coefficient (Wildman–Crippen LogP) is 4.25. The fraction of sp³-hybridized carbons (Fsp3) is 0.105. The van der Waals surface area contributed by atoms with Gasteiger partial charge in [-0.05, 0) is 45.8 Å². The zero-order chi connectivity index (χ0) is 17.6. The van der Waals surface area contributed by atoms with Crippen molar-refractivity contribution in [3.05, 3.63) is 82.5 Å². The number of hydrogen-bond acceptors (Lipinski definition) is 4. The summed E-state index contributed by atoms with van der Waals surface area (Å²) in [4.78, 5) is 14.1. The van der Waals surface area contributed by atoms with Crippen molar-refractivity contribution in [2.75, 3.05) is 12.4 Å². The SMILES string of the molecule is CN(Cc1ccccc1)C(=O)c1ccc(Nc2ccccc2Br)nn1. The number of halogens is 1. The van der Waals surface area contributed by atoms with Crippen molar-refractivity contribution in [1.82, 2.24) is 15.1 Å². The Hall–Kier alpha value is -2.73. The van der Waals surface area contributed by atoms with Gasteiger partial charge in [0, 0.05) is 18.1 Å². The van der Waals surface area contributed by atoms with Crippen LogP contribution < -0.4 is 5.32 Å². The zero-order valence-corrected chi connectivity index (χ0v) is 15.3. The zero-order valence-electron chi connectivity index (χ0n) is 13.7. The highest BCUT2D eigenvalue weighted by atomic mass is 79.9. The van der Waals surface area contributed by atoms with Crippen LogP contribution >= 0.6 is 15.9 Å². The van der Waals surface area contributed by atoms with Gasteiger partial charge in [0.25, 0.3) is 5.91 Å². The molecular weight excluding hydrogens is 380 g/mol. The third kappa shape index (κ3) is 4.42. The number of nitrogens with zero attached hydrogens (tertiary/aromatic N) is 3. The number of aromatic nitrogens is 2. The predicted molar refractivity (Wildman–Crippen MR) is 102 cm³/mol. The van der Waals surface area contributed by atoms with Crippen LogP contribution in [0.1, 0.15) is 16.1 Å². The molecule has 0 saturated heterocycles. The van der Waals surface area contributed by atoms with Gasteiger partial charge in [0.2, 0.25) is 0 Å². The molecule has 0 spiro atoms. The van der Waals surface area contributed by atoms with Crippen LogP contribution in [0.4, 0.5) is 11.5 Å². The van der Waals surface area contributed by atoms with E-state index in [1.54, 1.807) is 24.1 Å². The second-order valence-corrected chi connectivity index (χ2v) is 6.41. The molecule has 3 rings (SSSR count). The summed E-state index contributed by atoms with van der Waals surface area (Å²) in [7, 11) is 1.75. The van der Waals surface area contributed by atoms with E-state index in [1.165, 1.54) is 0 Å². The van der Waals surface area contributed by atoms with E-state index in [0.29, 0.717) is 18.1 Å². The lowest BCUT2D eigenvalue weighted by atomic mass is 10.2. The maximum Gasteiger partial charge on any atom is 0.274 e. The van der Waals surface area contributed by atoms with E-state index in [0.717, 1.165) is 15.7 Å². The largest absolute Gasteiger partial charge is 0.338 e. The molecule has 126 valence electrons. The van der Waals surface area contributed by atoms with E-state index in [9.17, 15) is 4.79 Å². The number of benzene rings is 2. The van der Waals surface area contributed by atoms with Crippen molar-refractivity contribution in [2.45, 2.75) is 6.54 Å². The Morgan fingerprint density at radius 1 is 1.00 bits per heavy atom. The van der Waals surface area contributed by atoms with Crippen molar-refractivity contribution in [1.29, 1.82) is 0 Å². The molecule has 0 unspecified atom stereocenters. The van der Waals surface area contributed by atoms with E-state index in [4.69, 9.17) is 0 Å². The fourth-order valence-electron chi connectivity index (χ4n) is 2.34. The van der Waals surface area contributed by atoms with Crippen LogP contribution in [0.15, 0.2) is 71.2 Å². The average molecular weight is 397 g/mol. The number of hydrogen-bond donors (Lipinski definition) is 1. The van der Waals surface area contributed by atoms with Gasteiger partial charge < -0.3 is 10.2 Å². The standard InChI is InChI=1S/C19H17BrN4O/c1-24(13-14-7-3-2-4-8-14)19(25)17-11-12-18(23-22-17)21-16-10-6-5-9-15(16)20/h2-12H,13H2,1H3,(H,21,23). The van der Waals surface area contributed by atoms with Crippen molar-refractivity contribution >= 4 is 33.3 Å². The van der Waals surface area contributed by atoms with Gasteiger partial charge in [-0.1, -0.05) is 42.5 Å². The molecule has 0 fully saturated rings. The molecule has 0 aliphatic heterocycles. The molecule has 0 radical (unpaired) electrons. The normalized spacial score (nSPS) is 10.3. The molecule has 2 aromatic carbocycles. The van der Waals surface area contributed by atoms with Crippen molar-refractivity contribution < 1.29 is 4.79 Å². The Labute approximate surface area is 154 Å². The molecule has 0 aliphatic carbocycles. The van der Waals surface area contributed by atoms with Crippen molar-refractivity contribution in [3.63, 3.8) is 0 Å². The molecule has 1 aromatic heterocycles. The number of carbonyl (C=O) groups is 1. The average Bonchev–Trinajstić information content (AvgIpc) is 2.64. The highest BCUT2D eigenvalue weighted by Gasteiger charge is 2.14. The molecule has 0 bridgehead atoms. The van der Waals surface area contributed by atoms with Gasteiger partial charge in [-0.2, -0.15) is 0 Å². The second kappa shape index (κ2) is 7.90. The fourth-order valence-corrected chi connectivity index (χ4v) is 2.72. The van der Waals surface area contributed by atoms with Gasteiger partial charge in [-0.3, -0.25) is 4.79 Å². The van der Waals surface area contributed by atoms with Gasteiger partial charge in [-0.15, -0.1) is 10.2 Å². The van der Waals surface area contributed by atoms with Crippen LogP contribution in [0.5, 0.6) is 0 Å².